The lowest BCUT2D eigenvalue weighted by Crippen LogP contribution is -2.18. The fraction of sp³-hybridized carbons (Fsp3) is 0.533. The molecule has 0 radical (unpaired) electrons. The Bertz CT molecular complexity index is 501. The molecule has 3 nitrogen and oxygen atoms in total. The lowest BCUT2D eigenvalue weighted by Gasteiger charge is -2.14. The Morgan fingerprint density at radius 2 is 1.95 bits per heavy atom. The molecule has 7 heteroatoms. The SMILES string of the molecule is CC(C)CCCCOC(=O)Nc1ccc(F)cc1C(F)(F)F. The molecule has 0 spiro atoms. The van der Waals surface area contributed by atoms with Crippen molar-refractivity contribution >= 4 is 11.8 Å². The van der Waals surface area contributed by atoms with Gasteiger partial charge in [-0.2, -0.15) is 13.2 Å². The smallest absolute Gasteiger partial charge is 0.418 e. The number of ether oxygens (including phenoxy) is 1. The molecule has 0 unspecified atom stereocenters. The van der Waals surface area contributed by atoms with E-state index in [2.05, 4.69) is 13.8 Å². The molecule has 1 amide bonds. The van der Waals surface area contributed by atoms with Crippen LogP contribution in [-0.2, 0) is 10.9 Å². The maximum absolute atomic E-state index is 12.9. The van der Waals surface area contributed by atoms with Crippen molar-refractivity contribution in [2.24, 2.45) is 5.92 Å². The Morgan fingerprint density at radius 1 is 1.27 bits per heavy atom. The summed E-state index contributed by atoms with van der Waals surface area (Å²) in [5.74, 6) is -0.484. The number of nitrogens with one attached hydrogen (secondary N) is 1. The Hall–Kier alpha value is -1.79. The van der Waals surface area contributed by atoms with E-state index in [1.807, 2.05) is 5.32 Å². The summed E-state index contributed by atoms with van der Waals surface area (Å²) in [7, 11) is 0. The van der Waals surface area contributed by atoms with E-state index < -0.39 is 29.3 Å². The maximum atomic E-state index is 12.9. The zero-order valence-electron chi connectivity index (χ0n) is 12.5. The highest BCUT2D eigenvalue weighted by Gasteiger charge is 2.34. The Kier molecular flexibility index (Phi) is 6.64. The minimum absolute atomic E-state index is 0.126. The first-order valence-corrected chi connectivity index (χ1v) is 7.00. The van der Waals surface area contributed by atoms with E-state index in [-0.39, 0.29) is 6.61 Å². The first-order valence-electron chi connectivity index (χ1n) is 7.00. The molecule has 0 aromatic heterocycles. The van der Waals surface area contributed by atoms with Crippen LogP contribution in [0.3, 0.4) is 0 Å². The quantitative estimate of drug-likeness (QED) is 0.576. The van der Waals surface area contributed by atoms with Gasteiger partial charge in [0.1, 0.15) is 5.82 Å². The molecule has 0 atom stereocenters. The predicted octanol–water partition coefficient (Wildman–Crippen LogP) is 5.22. The van der Waals surface area contributed by atoms with Crippen LogP contribution in [0.4, 0.5) is 28.0 Å². The topological polar surface area (TPSA) is 38.3 Å². The van der Waals surface area contributed by atoms with E-state index in [0.717, 1.165) is 25.0 Å². The summed E-state index contributed by atoms with van der Waals surface area (Å²) in [5, 5.41) is 2.00. The van der Waals surface area contributed by atoms with Crippen molar-refractivity contribution in [1.82, 2.24) is 0 Å². The number of hydrogen-bond donors (Lipinski definition) is 1. The van der Waals surface area contributed by atoms with Gasteiger partial charge in [-0.1, -0.05) is 20.3 Å². The second-order valence-corrected chi connectivity index (χ2v) is 5.34. The summed E-state index contributed by atoms with van der Waals surface area (Å²) in [5.41, 5.74) is -1.77. The highest BCUT2D eigenvalue weighted by atomic mass is 19.4. The fourth-order valence-corrected chi connectivity index (χ4v) is 1.83. The van der Waals surface area contributed by atoms with Crippen molar-refractivity contribution < 1.29 is 27.1 Å². The number of amides is 1. The van der Waals surface area contributed by atoms with Crippen LogP contribution in [0.1, 0.15) is 38.7 Å². The largest absolute Gasteiger partial charge is 0.449 e. The first-order chi connectivity index (χ1) is 10.2. The van der Waals surface area contributed by atoms with E-state index in [1.54, 1.807) is 0 Å². The number of carbonyl (C=O) groups excluding carboxylic acids is 1. The zero-order valence-corrected chi connectivity index (χ0v) is 12.5. The lowest BCUT2D eigenvalue weighted by molar-refractivity contribution is -0.137. The Balaban J connectivity index is 2.54. The molecule has 0 saturated heterocycles. The molecule has 0 bridgehead atoms. The third kappa shape index (κ3) is 6.32. The third-order valence-electron chi connectivity index (χ3n) is 2.93. The van der Waals surface area contributed by atoms with Gasteiger partial charge >= 0.3 is 12.3 Å². The number of alkyl halides is 3. The van der Waals surface area contributed by atoms with Gasteiger partial charge in [0.2, 0.25) is 0 Å². The molecule has 22 heavy (non-hydrogen) atoms. The molecular formula is C15H19F4NO2. The van der Waals surface area contributed by atoms with Crippen molar-refractivity contribution in [2.45, 2.75) is 39.3 Å². The van der Waals surface area contributed by atoms with Gasteiger partial charge in [-0.15, -0.1) is 0 Å². The molecular weight excluding hydrogens is 302 g/mol. The molecule has 0 saturated carbocycles. The van der Waals surface area contributed by atoms with Gasteiger partial charge in [0.05, 0.1) is 17.9 Å². The van der Waals surface area contributed by atoms with E-state index in [9.17, 15) is 22.4 Å². The molecule has 0 fully saturated rings. The average Bonchev–Trinajstić information content (AvgIpc) is 2.39. The molecule has 0 aliphatic rings. The highest BCUT2D eigenvalue weighted by Crippen LogP contribution is 2.35. The van der Waals surface area contributed by atoms with Crippen LogP contribution in [0.15, 0.2) is 18.2 Å². The van der Waals surface area contributed by atoms with Crippen LogP contribution < -0.4 is 5.32 Å². The first kappa shape index (κ1) is 18.3. The van der Waals surface area contributed by atoms with Crippen LogP contribution in [-0.4, -0.2) is 12.7 Å². The van der Waals surface area contributed by atoms with E-state index in [4.69, 9.17) is 4.74 Å². The second kappa shape index (κ2) is 8.00. The molecule has 1 rings (SSSR count). The van der Waals surface area contributed by atoms with Gasteiger partial charge < -0.3 is 4.74 Å². The number of anilines is 1. The minimum atomic E-state index is -4.76. The summed E-state index contributed by atoms with van der Waals surface area (Å²) in [6.45, 7) is 4.27. The van der Waals surface area contributed by atoms with Crippen LogP contribution in [0, 0.1) is 11.7 Å². The van der Waals surface area contributed by atoms with Gasteiger partial charge in [0.25, 0.3) is 0 Å². The van der Waals surface area contributed by atoms with Gasteiger partial charge in [0, 0.05) is 0 Å². The molecule has 1 aromatic rings. The zero-order chi connectivity index (χ0) is 16.8. The van der Waals surface area contributed by atoms with Gasteiger partial charge in [0.15, 0.2) is 0 Å². The van der Waals surface area contributed by atoms with Crippen LogP contribution >= 0.6 is 0 Å². The maximum Gasteiger partial charge on any atom is 0.418 e. The van der Waals surface area contributed by atoms with Gasteiger partial charge in [-0.05, 0) is 37.0 Å². The molecule has 0 aliphatic heterocycles. The minimum Gasteiger partial charge on any atom is -0.449 e. The number of hydrogen-bond acceptors (Lipinski definition) is 2. The number of rotatable bonds is 6. The van der Waals surface area contributed by atoms with Gasteiger partial charge in [-0.3, -0.25) is 5.32 Å². The highest BCUT2D eigenvalue weighted by molar-refractivity contribution is 5.85. The van der Waals surface area contributed by atoms with Crippen LogP contribution in [0.25, 0.3) is 0 Å². The monoisotopic (exact) mass is 321 g/mol. The molecule has 1 aromatic carbocycles. The normalized spacial score (nSPS) is 11.6. The van der Waals surface area contributed by atoms with Crippen LogP contribution in [0.5, 0.6) is 0 Å². The summed E-state index contributed by atoms with van der Waals surface area (Å²) < 4.78 is 56.0. The van der Waals surface area contributed by atoms with Crippen molar-refractivity contribution in [3.8, 4) is 0 Å². The van der Waals surface area contributed by atoms with Crippen molar-refractivity contribution in [2.75, 3.05) is 11.9 Å². The molecule has 124 valence electrons. The summed E-state index contributed by atoms with van der Waals surface area (Å²) in [4.78, 5) is 11.5. The summed E-state index contributed by atoms with van der Waals surface area (Å²) >= 11 is 0. The molecule has 1 N–H and O–H groups in total. The number of halogens is 4. The van der Waals surface area contributed by atoms with Gasteiger partial charge in [-0.25, -0.2) is 9.18 Å². The molecule has 0 aliphatic carbocycles. The average molecular weight is 321 g/mol. The summed E-state index contributed by atoms with van der Waals surface area (Å²) in [6, 6.07) is 2.03. The Labute approximate surface area is 126 Å². The Morgan fingerprint density at radius 3 is 2.55 bits per heavy atom. The van der Waals surface area contributed by atoms with Crippen molar-refractivity contribution in [1.29, 1.82) is 0 Å². The van der Waals surface area contributed by atoms with E-state index in [0.29, 0.717) is 18.4 Å². The lowest BCUT2D eigenvalue weighted by atomic mass is 10.1. The van der Waals surface area contributed by atoms with Crippen molar-refractivity contribution in [3.05, 3.63) is 29.6 Å². The number of carbonyl (C=O) groups is 1. The fourth-order valence-electron chi connectivity index (χ4n) is 1.83. The predicted molar refractivity (Wildman–Crippen MR) is 75.1 cm³/mol. The standard InChI is InChI=1S/C15H19F4NO2/c1-10(2)5-3-4-8-22-14(21)20-13-7-6-11(16)9-12(13)15(17,18)19/h6-7,9-10H,3-5,8H2,1-2H3,(H,20,21). The van der Waals surface area contributed by atoms with Crippen molar-refractivity contribution in [3.63, 3.8) is 0 Å². The summed E-state index contributed by atoms with van der Waals surface area (Å²) in [6.07, 6.45) is -3.25. The third-order valence-corrected chi connectivity index (χ3v) is 2.93. The van der Waals surface area contributed by atoms with Crippen LogP contribution in [0.2, 0.25) is 0 Å². The van der Waals surface area contributed by atoms with E-state index >= 15 is 0 Å². The number of unbranched alkanes of at least 4 members (excludes halogenated alkanes) is 1. The van der Waals surface area contributed by atoms with E-state index in [1.165, 1.54) is 0 Å². The number of benzene rings is 1. The second-order valence-electron chi connectivity index (χ2n) is 5.34. The molecule has 0 heterocycles.